The van der Waals surface area contributed by atoms with Crippen LogP contribution in [0.25, 0.3) is 0 Å². The van der Waals surface area contributed by atoms with E-state index in [2.05, 4.69) is 23.3 Å². The van der Waals surface area contributed by atoms with Crippen molar-refractivity contribution >= 4 is 28.6 Å². The minimum absolute atomic E-state index is 0.000716. The van der Waals surface area contributed by atoms with Gasteiger partial charge in [-0.2, -0.15) is 0 Å². The van der Waals surface area contributed by atoms with E-state index in [-0.39, 0.29) is 11.9 Å². The molecule has 2 aromatic rings. The van der Waals surface area contributed by atoms with Crippen LogP contribution < -0.4 is 11.1 Å². The molecule has 4 nitrogen and oxygen atoms in total. The van der Waals surface area contributed by atoms with E-state index in [0.717, 1.165) is 9.88 Å². The van der Waals surface area contributed by atoms with Gasteiger partial charge in [-0.3, -0.25) is 4.79 Å². The molecule has 0 aliphatic carbocycles. The first-order valence-electron chi connectivity index (χ1n) is 5.62. The molecular formula is C12H15N3OS2. The zero-order valence-electron chi connectivity index (χ0n) is 10.3. The van der Waals surface area contributed by atoms with E-state index >= 15 is 0 Å². The summed E-state index contributed by atoms with van der Waals surface area (Å²) in [5.41, 5.74) is 5.92. The summed E-state index contributed by atoms with van der Waals surface area (Å²) in [5, 5.41) is 5.46. The third kappa shape index (κ3) is 2.95. The van der Waals surface area contributed by atoms with Gasteiger partial charge in [-0.05, 0) is 26.0 Å². The second kappa shape index (κ2) is 5.60. The van der Waals surface area contributed by atoms with Gasteiger partial charge in [0, 0.05) is 21.7 Å². The summed E-state index contributed by atoms with van der Waals surface area (Å²) in [4.78, 5) is 18.5. The number of nitrogens with two attached hydrogens (primary N) is 1. The molecule has 18 heavy (non-hydrogen) atoms. The molecule has 2 rings (SSSR count). The Morgan fingerprint density at radius 2 is 2.33 bits per heavy atom. The van der Waals surface area contributed by atoms with Crippen molar-refractivity contribution in [3.05, 3.63) is 38.0 Å². The van der Waals surface area contributed by atoms with Crippen LogP contribution >= 0.6 is 22.7 Å². The van der Waals surface area contributed by atoms with E-state index < -0.39 is 0 Å². The number of rotatable bonds is 4. The lowest BCUT2D eigenvalue weighted by atomic mass is 10.2. The molecule has 2 aromatic heterocycles. The fourth-order valence-corrected chi connectivity index (χ4v) is 3.07. The van der Waals surface area contributed by atoms with Gasteiger partial charge in [-0.25, -0.2) is 4.98 Å². The maximum Gasteiger partial charge on any atom is 0.271 e. The summed E-state index contributed by atoms with van der Waals surface area (Å²) in [7, 11) is 0. The maximum absolute atomic E-state index is 12.0. The number of carbonyl (C=O) groups excluding carboxylic acids is 1. The Labute approximate surface area is 114 Å². The Balaban J connectivity index is 2.02. The van der Waals surface area contributed by atoms with Crippen LogP contribution in [0.5, 0.6) is 0 Å². The summed E-state index contributed by atoms with van der Waals surface area (Å²) >= 11 is 3.10. The maximum atomic E-state index is 12.0. The number of carbonyl (C=O) groups is 1. The lowest BCUT2D eigenvalue weighted by Crippen LogP contribution is -2.26. The van der Waals surface area contributed by atoms with Gasteiger partial charge in [0.15, 0.2) is 0 Å². The first-order chi connectivity index (χ1) is 8.60. The molecule has 3 N–H and O–H groups in total. The third-order valence-corrected chi connectivity index (χ3v) is 4.55. The molecule has 0 aliphatic heterocycles. The summed E-state index contributed by atoms with van der Waals surface area (Å²) in [6, 6.07) is 4.09. The van der Waals surface area contributed by atoms with Crippen LogP contribution in [0.3, 0.4) is 0 Å². The quantitative estimate of drug-likeness (QED) is 0.904. The molecule has 0 saturated heterocycles. The summed E-state index contributed by atoms with van der Waals surface area (Å²) in [6.45, 7) is 4.40. The third-order valence-electron chi connectivity index (χ3n) is 2.49. The Morgan fingerprint density at radius 3 is 2.89 bits per heavy atom. The molecule has 1 unspecified atom stereocenters. The minimum atomic E-state index is -0.149. The van der Waals surface area contributed by atoms with E-state index in [4.69, 9.17) is 5.73 Å². The van der Waals surface area contributed by atoms with Crippen molar-refractivity contribution in [2.75, 3.05) is 0 Å². The minimum Gasteiger partial charge on any atom is -0.343 e. The topological polar surface area (TPSA) is 68.0 Å². The first kappa shape index (κ1) is 13.2. The van der Waals surface area contributed by atoms with Gasteiger partial charge >= 0.3 is 0 Å². The largest absolute Gasteiger partial charge is 0.343 e. The van der Waals surface area contributed by atoms with Crippen LogP contribution in [-0.4, -0.2) is 10.9 Å². The van der Waals surface area contributed by atoms with Gasteiger partial charge in [-0.1, -0.05) is 0 Å². The number of thiazole rings is 1. The molecule has 2 heterocycles. The van der Waals surface area contributed by atoms with Crippen molar-refractivity contribution in [3.8, 4) is 0 Å². The van der Waals surface area contributed by atoms with E-state index in [1.54, 1.807) is 16.7 Å². The second-order valence-corrected chi connectivity index (χ2v) is 6.24. The highest BCUT2D eigenvalue weighted by Crippen LogP contribution is 2.22. The molecular weight excluding hydrogens is 266 g/mol. The van der Waals surface area contributed by atoms with Gasteiger partial charge in [0.1, 0.15) is 10.7 Å². The summed E-state index contributed by atoms with van der Waals surface area (Å²) in [5.74, 6) is -0.149. The molecule has 1 amide bonds. The highest BCUT2D eigenvalue weighted by molar-refractivity contribution is 7.12. The van der Waals surface area contributed by atoms with E-state index in [1.807, 2.05) is 13.0 Å². The molecule has 1 atom stereocenters. The number of nitrogens with one attached hydrogen (secondary N) is 1. The average molecular weight is 281 g/mol. The predicted molar refractivity (Wildman–Crippen MR) is 74.9 cm³/mol. The number of nitrogens with zero attached hydrogens (tertiary/aromatic N) is 1. The van der Waals surface area contributed by atoms with E-state index in [0.29, 0.717) is 12.2 Å². The normalized spacial score (nSPS) is 12.4. The molecule has 0 fully saturated rings. The van der Waals surface area contributed by atoms with Crippen molar-refractivity contribution in [2.45, 2.75) is 26.4 Å². The first-order valence-corrected chi connectivity index (χ1v) is 7.31. The Hall–Kier alpha value is -1.24. The molecule has 0 aromatic carbocycles. The smallest absolute Gasteiger partial charge is 0.271 e. The molecule has 0 saturated carbocycles. The number of amides is 1. The standard InChI is InChI=1S/C12H15N3OS2/c1-7-3-4-10(18-7)8(2)14-12(16)9-6-17-11(5-13)15-9/h3-4,6,8H,5,13H2,1-2H3,(H,14,16). The molecule has 6 heteroatoms. The van der Waals surface area contributed by atoms with Crippen LogP contribution in [0.15, 0.2) is 17.5 Å². The van der Waals surface area contributed by atoms with E-state index in [1.165, 1.54) is 16.2 Å². The molecule has 0 aliphatic rings. The fourth-order valence-electron chi connectivity index (χ4n) is 1.54. The van der Waals surface area contributed by atoms with Gasteiger partial charge in [-0.15, -0.1) is 22.7 Å². The average Bonchev–Trinajstić information content (AvgIpc) is 2.97. The number of hydrogen-bond acceptors (Lipinski definition) is 5. The zero-order chi connectivity index (χ0) is 13.1. The predicted octanol–water partition coefficient (Wildman–Crippen LogP) is 2.46. The van der Waals surface area contributed by atoms with Gasteiger partial charge < -0.3 is 11.1 Å². The fraction of sp³-hybridized carbons (Fsp3) is 0.333. The lowest BCUT2D eigenvalue weighted by Gasteiger charge is -2.10. The Bertz CT molecular complexity index is 547. The number of aromatic nitrogens is 1. The van der Waals surface area contributed by atoms with E-state index in [9.17, 15) is 4.79 Å². The number of thiophene rings is 1. The second-order valence-electron chi connectivity index (χ2n) is 3.97. The Morgan fingerprint density at radius 1 is 1.56 bits per heavy atom. The molecule has 96 valence electrons. The number of aryl methyl sites for hydroxylation is 1. The zero-order valence-corrected chi connectivity index (χ0v) is 11.9. The van der Waals surface area contributed by atoms with Crippen LogP contribution in [-0.2, 0) is 6.54 Å². The Kier molecular flexibility index (Phi) is 4.11. The van der Waals surface area contributed by atoms with Crippen molar-refractivity contribution in [3.63, 3.8) is 0 Å². The number of hydrogen-bond donors (Lipinski definition) is 2. The monoisotopic (exact) mass is 281 g/mol. The van der Waals surface area contributed by atoms with Crippen molar-refractivity contribution in [1.82, 2.24) is 10.3 Å². The van der Waals surface area contributed by atoms with Gasteiger partial charge in [0.25, 0.3) is 5.91 Å². The summed E-state index contributed by atoms with van der Waals surface area (Å²) in [6.07, 6.45) is 0. The molecule has 0 radical (unpaired) electrons. The van der Waals surface area contributed by atoms with Crippen molar-refractivity contribution in [1.29, 1.82) is 0 Å². The molecule has 0 spiro atoms. The lowest BCUT2D eigenvalue weighted by molar-refractivity contribution is 0.0936. The van der Waals surface area contributed by atoms with Crippen LogP contribution in [0, 0.1) is 6.92 Å². The highest BCUT2D eigenvalue weighted by atomic mass is 32.1. The molecule has 0 bridgehead atoms. The van der Waals surface area contributed by atoms with Gasteiger partial charge in [0.05, 0.1) is 6.04 Å². The highest BCUT2D eigenvalue weighted by Gasteiger charge is 2.15. The van der Waals surface area contributed by atoms with Crippen LogP contribution in [0.4, 0.5) is 0 Å². The van der Waals surface area contributed by atoms with Crippen molar-refractivity contribution < 1.29 is 4.79 Å². The summed E-state index contributed by atoms with van der Waals surface area (Å²) < 4.78 is 0. The SMILES string of the molecule is Cc1ccc(C(C)NC(=O)c2csc(CN)n2)s1. The van der Waals surface area contributed by atoms with Gasteiger partial charge in [0.2, 0.25) is 0 Å². The van der Waals surface area contributed by atoms with Crippen LogP contribution in [0.1, 0.15) is 38.2 Å². The van der Waals surface area contributed by atoms with Crippen LogP contribution in [0.2, 0.25) is 0 Å². The van der Waals surface area contributed by atoms with Crippen molar-refractivity contribution in [2.24, 2.45) is 5.73 Å².